The summed E-state index contributed by atoms with van der Waals surface area (Å²) in [4.78, 5) is 23.5. The highest BCUT2D eigenvalue weighted by atomic mass is 16.5. The number of ether oxygens (including phenoxy) is 3. The van der Waals surface area contributed by atoms with Gasteiger partial charge in [0, 0.05) is 5.56 Å². The zero-order valence-electron chi connectivity index (χ0n) is 11.5. The van der Waals surface area contributed by atoms with Gasteiger partial charge in [0.1, 0.15) is 5.75 Å². The van der Waals surface area contributed by atoms with Crippen molar-refractivity contribution in [1.29, 1.82) is 0 Å². The Balaban J connectivity index is 3.52. The highest BCUT2D eigenvalue weighted by Crippen LogP contribution is 2.27. The van der Waals surface area contributed by atoms with Gasteiger partial charge < -0.3 is 14.2 Å². The SMILES string of the molecule is C=CCc1c(OC=C)cc(C(=O)OC)cc1C(=O)OC. The summed E-state index contributed by atoms with van der Waals surface area (Å²) in [5, 5.41) is 0. The summed E-state index contributed by atoms with van der Waals surface area (Å²) in [6, 6.07) is 2.89. The summed E-state index contributed by atoms with van der Waals surface area (Å²) in [5.41, 5.74) is 0.990. The van der Waals surface area contributed by atoms with E-state index in [1.54, 1.807) is 6.08 Å². The Morgan fingerprint density at radius 2 is 1.80 bits per heavy atom. The average Bonchev–Trinajstić information content (AvgIpc) is 2.47. The summed E-state index contributed by atoms with van der Waals surface area (Å²) in [7, 11) is 2.52. The van der Waals surface area contributed by atoms with Gasteiger partial charge in [-0.2, -0.15) is 0 Å². The minimum atomic E-state index is -0.575. The van der Waals surface area contributed by atoms with Crippen LogP contribution in [0.25, 0.3) is 0 Å². The van der Waals surface area contributed by atoms with Gasteiger partial charge >= 0.3 is 11.9 Å². The van der Waals surface area contributed by atoms with Crippen molar-refractivity contribution in [3.63, 3.8) is 0 Å². The maximum Gasteiger partial charge on any atom is 0.338 e. The molecule has 0 atom stereocenters. The van der Waals surface area contributed by atoms with E-state index in [0.717, 1.165) is 0 Å². The van der Waals surface area contributed by atoms with E-state index in [1.807, 2.05) is 0 Å². The molecule has 1 aromatic rings. The molecule has 5 heteroatoms. The van der Waals surface area contributed by atoms with Crippen LogP contribution in [-0.4, -0.2) is 26.2 Å². The third kappa shape index (κ3) is 3.26. The van der Waals surface area contributed by atoms with Crippen molar-refractivity contribution < 1.29 is 23.8 Å². The van der Waals surface area contributed by atoms with Crippen molar-refractivity contribution >= 4 is 11.9 Å². The second kappa shape index (κ2) is 7.13. The molecule has 0 spiro atoms. The number of hydrogen-bond acceptors (Lipinski definition) is 5. The third-order valence-corrected chi connectivity index (χ3v) is 2.59. The van der Waals surface area contributed by atoms with Crippen LogP contribution < -0.4 is 4.74 Å². The molecule has 106 valence electrons. The Kier molecular flexibility index (Phi) is 5.53. The van der Waals surface area contributed by atoms with Crippen LogP contribution in [0.1, 0.15) is 26.3 Å². The minimum absolute atomic E-state index is 0.192. The van der Waals surface area contributed by atoms with Gasteiger partial charge in [0.25, 0.3) is 0 Å². The molecule has 0 heterocycles. The molecular formula is C15H16O5. The van der Waals surface area contributed by atoms with E-state index in [-0.39, 0.29) is 11.1 Å². The molecule has 0 fully saturated rings. The zero-order chi connectivity index (χ0) is 15.1. The summed E-state index contributed by atoms with van der Waals surface area (Å²) in [6.45, 7) is 7.10. The van der Waals surface area contributed by atoms with Crippen LogP contribution in [0.4, 0.5) is 0 Å². The van der Waals surface area contributed by atoms with Crippen molar-refractivity contribution in [3.8, 4) is 5.75 Å². The molecule has 0 amide bonds. The Morgan fingerprint density at radius 3 is 2.30 bits per heavy atom. The van der Waals surface area contributed by atoms with Crippen LogP contribution in [0.15, 0.2) is 37.6 Å². The lowest BCUT2D eigenvalue weighted by molar-refractivity contribution is 0.0598. The predicted octanol–water partition coefficient (Wildman–Crippen LogP) is 2.51. The number of carbonyl (C=O) groups excluding carboxylic acids is 2. The Labute approximate surface area is 117 Å². The molecule has 0 bridgehead atoms. The maximum atomic E-state index is 11.8. The summed E-state index contributed by atoms with van der Waals surface area (Å²) >= 11 is 0. The number of carbonyl (C=O) groups is 2. The lowest BCUT2D eigenvalue weighted by Gasteiger charge is -2.13. The van der Waals surface area contributed by atoms with Crippen LogP contribution in [-0.2, 0) is 15.9 Å². The quantitative estimate of drug-likeness (QED) is 0.454. The normalized spacial score (nSPS) is 9.50. The van der Waals surface area contributed by atoms with Gasteiger partial charge in [0.15, 0.2) is 0 Å². The fourth-order valence-corrected chi connectivity index (χ4v) is 1.72. The molecule has 5 nitrogen and oxygen atoms in total. The highest BCUT2D eigenvalue weighted by molar-refractivity contribution is 5.97. The monoisotopic (exact) mass is 276 g/mol. The van der Waals surface area contributed by atoms with Crippen LogP contribution in [0.2, 0.25) is 0 Å². The van der Waals surface area contributed by atoms with E-state index >= 15 is 0 Å². The molecule has 20 heavy (non-hydrogen) atoms. The molecular weight excluding hydrogens is 260 g/mol. The van der Waals surface area contributed by atoms with Crippen LogP contribution in [0, 0.1) is 0 Å². The Bertz CT molecular complexity index is 545. The number of benzene rings is 1. The first-order valence-electron chi connectivity index (χ1n) is 5.81. The van der Waals surface area contributed by atoms with Gasteiger partial charge in [-0.3, -0.25) is 0 Å². The minimum Gasteiger partial charge on any atom is -0.465 e. The average molecular weight is 276 g/mol. The van der Waals surface area contributed by atoms with Crippen molar-refractivity contribution in [2.45, 2.75) is 6.42 Å². The molecule has 0 aliphatic heterocycles. The van der Waals surface area contributed by atoms with E-state index in [4.69, 9.17) is 9.47 Å². The molecule has 0 aliphatic carbocycles. The van der Waals surface area contributed by atoms with Gasteiger partial charge in [-0.1, -0.05) is 12.7 Å². The molecule has 1 aromatic carbocycles. The first-order chi connectivity index (χ1) is 9.58. The molecule has 0 unspecified atom stereocenters. The summed E-state index contributed by atoms with van der Waals surface area (Å²) in [6.07, 6.45) is 3.22. The van der Waals surface area contributed by atoms with Crippen molar-refractivity contribution in [2.24, 2.45) is 0 Å². The standard InChI is InChI=1S/C15H16O5/c1-5-7-11-12(15(17)19-4)8-10(14(16)18-3)9-13(11)20-6-2/h5-6,8-9H,1-2,7H2,3-4H3. The van der Waals surface area contributed by atoms with Crippen molar-refractivity contribution in [2.75, 3.05) is 14.2 Å². The van der Waals surface area contributed by atoms with Crippen molar-refractivity contribution in [1.82, 2.24) is 0 Å². The van der Waals surface area contributed by atoms with Crippen molar-refractivity contribution in [3.05, 3.63) is 54.3 Å². The second-order valence-corrected chi connectivity index (χ2v) is 3.76. The highest BCUT2D eigenvalue weighted by Gasteiger charge is 2.20. The zero-order valence-corrected chi connectivity index (χ0v) is 11.5. The molecule has 0 saturated carbocycles. The Morgan fingerprint density at radius 1 is 1.15 bits per heavy atom. The van der Waals surface area contributed by atoms with E-state index < -0.39 is 11.9 Å². The molecule has 0 aromatic heterocycles. The number of methoxy groups -OCH3 is 2. The van der Waals surface area contributed by atoms with E-state index in [2.05, 4.69) is 17.9 Å². The van der Waals surface area contributed by atoms with Gasteiger partial charge in [-0.25, -0.2) is 9.59 Å². The largest absolute Gasteiger partial charge is 0.465 e. The lowest BCUT2D eigenvalue weighted by atomic mass is 9.99. The van der Waals surface area contributed by atoms with Crippen LogP contribution >= 0.6 is 0 Å². The molecule has 0 aliphatic rings. The summed E-state index contributed by atoms with van der Waals surface area (Å²) < 4.78 is 14.6. The van der Waals surface area contributed by atoms with E-state index in [1.165, 1.54) is 32.6 Å². The summed E-state index contributed by atoms with van der Waals surface area (Å²) in [5.74, 6) is -0.807. The third-order valence-electron chi connectivity index (χ3n) is 2.59. The lowest BCUT2D eigenvalue weighted by Crippen LogP contribution is -2.11. The number of allylic oxidation sites excluding steroid dienone is 1. The maximum absolute atomic E-state index is 11.8. The van der Waals surface area contributed by atoms with E-state index in [0.29, 0.717) is 17.7 Å². The molecule has 0 saturated heterocycles. The van der Waals surface area contributed by atoms with Gasteiger partial charge in [0.2, 0.25) is 0 Å². The Hall–Kier alpha value is -2.56. The number of esters is 2. The van der Waals surface area contributed by atoms with Crippen LogP contribution in [0.3, 0.4) is 0 Å². The van der Waals surface area contributed by atoms with Crippen LogP contribution in [0.5, 0.6) is 5.75 Å². The van der Waals surface area contributed by atoms with Gasteiger partial charge in [-0.15, -0.1) is 6.58 Å². The topological polar surface area (TPSA) is 61.8 Å². The smallest absolute Gasteiger partial charge is 0.338 e. The number of rotatable bonds is 6. The molecule has 0 radical (unpaired) electrons. The van der Waals surface area contributed by atoms with E-state index in [9.17, 15) is 9.59 Å². The van der Waals surface area contributed by atoms with Gasteiger partial charge in [-0.05, 0) is 18.6 Å². The predicted molar refractivity (Wildman–Crippen MR) is 73.8 cm³/mol. The first kappa shape index (κ1) is 15.5. The first-order valence-corrected chi connectivity index (χ1v) is 5.81. The fourth-order valence-electron chi connectivity index (χ4n) is 1.72. The number of hydrogen-bond donors (Lipinski definition) is 0. The van der Waals surface area contributed by atoms with Gasteiger partial charge in [0.05, 0.1) is 31.6 Å². The molecule has 1 rings (SSSR count). The second-order valence-electron chi connectivity index (χ2n) is 3.76. The molecule has 0 N–H and O–H groups in total. The fraction of sp³-hybridized carbons (Fsp3) is 0.200.